The summed E-state index contributed by atoms with van der Waals surface area (Å²) in [6.07, 6.45) is -11.2. The van der Waals surface area contributed by atoms with E-state index < -0.39 is 24.3 Å². The van der Waals surface area contributed by atoms with E-state index in [2.05, 4.69) is 9.47 Å². The van der Waals surface area contributed by atoms with Crippen LogP contribution >= 0.6 is 11.3 Å². The normalized spacial score (nSPS) is 11.1. The van der Waals surface area contributed by atoms with Gasteiger partial charge in [-0.1, -0.05) is 0 Å². The fourth-order valence-electron chi connectivity index (χ4n) is 0.778. The summed E-state index contributed by atoms with van der Waals surface area (Å²) in [7, 11) is 1.33. The lowest BCUT2D eigenvalue weighted by Crippen LogP contribution is -2.34. The third-order valence-electron chi connectivity index (χ3n) is 1.71. The Morgan fingerprint density at radius 3 is 1.74 bits per heavy atom. The zero-order chi connectivity index (χ0) is 18.4. The smallest absolute Gasteiger partial charge is 0.465 e. The Balaban J connectivity index is 0.000000433. The number of thiophene rings is 1. The molecule has 0 radical (unpaired) electrons. The van der Waals surface area contributed by atoms with Crippen LogP contribution in [0.4, 0.5) is 32.0 Å². The largest absolute Gasteiger partial charge is 0.491 e. The SMILES string of the molecule is COC(=O)c1sccc1N.O=C(OC(=O)C(F)(F)F)C(F)(F)F. The van der Waals surface area contributed by atoms with Gasteiger partial charge in [0.1, 0.15) is 4.88 Å². The molecular formula is C10H7F6NO5S. The second-order valence-corrected chi connectivity index (χ2v) is 4.29. The van der Waals surface area contributed by atoms with Crippen molar-refractivity contribution in [3.8, 4) is 0 Å². The Labute approximate surface area is 127 Å². The first-order valence-electron chi connectivity index (χ1n) is 5.12. The van der Waals surface area contributed by atoms with Crippen LogP contribution in [0.15, 0.2) is 11.4 Å². The van der Waals surface area contributed by atoms with Gasteiger partial charge in [0.05, 0.1) is 12.8 Å². The van der Waals surface area contributed by atoms with Crippen LogP contribution in [0, 0.1) is 0 Å². The standard InChI is InChI=1S/C6H7NO2S.C4F6O3/c1-9-6(8)5-4(7)2-3-10-5;5-3(6,7)1(11)13-2(12)4(8,9)10/h2-3H,7H2,1H3;. The van der Waals surface area contributed by atoms with Gasteiger partial charge in [-0.05, 0) is 11.4 Å². The van der Waals surface area contributed by atoms with E-state index in [-0.39, 0.29) is 5.97 Å². The van der Waals surface area contributed by atoms with Crippen molar-refractivity contribution in [2.24, 2.45) is 0 Å². The van der Waals surface area contributed by atoms with Gasteiger partial charge in [0.2, 0.25) is 0 Å². The van der Waals surface area contributed by atoms with Crippen molar-refractivity contribution < 1.29 is 50.2 Å². The highest BCUT2D eigenvalue weighted by atomic mass is 32.1. The van der Waals surface area contributed by atoms with Crippen molar-refractivity contribution in [2.45, 2.75) is 12.4 Å². The van der Waals surface area contributed by atoms with Crippen molar-refractivity contribution in [1.82, 2.24) is 0 Å². The van der Waals surface area contributed by atoms with Gasteiger partial charge in [-0.2, -0.15) is 26.3 Å². The van der Waals surface area contributed by atoms with E-state index in [4.69, 9.17) is 5.73 Å². The highest BCUT2D eigenvalue weighted by molar-refractivity contribution is 7.12. The zero-order valence-corrected chi connectivity index (χ0v) is 11.8. The first-order valence-corrected chi connectivity index (χ1v) is 6.00. The highest BCUT2D eigenvalue weighted by Crippen LogP contribution is 2.21. The topological polar surface area (TPSA) is 95.7 Å². The third-order valence-corrected chi connectivity index (χ3v) is 2.63. The highest BCUT2D eigenvalue weighted by Gasteiger charge is 2.49. The molecule has 1 aromatic heterocycles. The summed E-state index contributed by atoms with van der Waals surface area (Å²) in [4.78, 5) is 30.6. The molecule has 0 aliphatic rings. The summed E-state index contributed by atoms with van der Waals surface area (Å²) in [6.45, 7) is 0. The van der Waals surface area contributed by atoms with Crippen molar-refractivity contribution >= 4 is 34.9 Å². The predicted molar refractivity (Wildman–Crippen MR) is 63.3 cm³/mol. The Kier molecular flexibility index (Phi) is 7.02. The maximum absolute atomic E-state index is 11.2. The Morgan fingerprint density at radius 2 is 1.48 bits per heavy atom. The molecule has 1 heterocycles. The van der Waals surface area contributed by atoms with Gasteiger partial charge < -0.3 is 15.2 Å². The maximum atomic E-state index is 11.2. The zero-order valence-electron chi connectivity index (χ0n) is 10.9. The molecule has 23 heavy (non-hydrogen) atoms. The number of nitrogen functional groups attached to an aromatic ring is 1. The number of rotatable bonds is 1. The molecule has 1 rings (SSSR count). The molecule has 0 unspecified atom stereocenters. The van der Waals surface area contributed by atoms with E-state index in [0.717, 1.165) is 0 Å². The molecule has 13 heteroatoms. The third kappa shape index (κ3) is 6.99. The molecule has 0 aliphatic heterocycles. The quantitative estimate of drug-likeness (QED) is 0.465. The van der Waals surface area contributed by atoms with Crippen LogP contribution in [0.2, 0.25) is 0 Å². The Morgan fingerprint density at radius 1 is 1.04 bits per heavy atom. The maximum Gasteiger partial charge on any atom is 0.491 e. The number of carbonyl (C=O) groups is 3. The molecule has 0 saturated heterocycles. The molecule has 2 N–H and O–H groups in total. The summed E-state index contributed by atoms with van der Waals surface area (Å²) < 4.78 is 74.1. The van der Waals surface area contributed by atoms with Crippen LogP contribution in [0.5, 0.6) is 0 Å². The van der Waals surface area contributed by atoms with Crippen molar-refractivity contribution in [3.63, 3.8) is 0 Å². The van der Waals surface area contributed by atoms with Crippen LogP contribution in [0.25, 0.3) is 0 Å². The summed E-state index contributed by atoms with van der Waals surface area (Å²) in [6, 6.07) is 1.68. The minimum atomic E-state index is -5.62. The van der Waals surface area contributed by atoms with Gasteiger partial charge in [0.25, 0.3) is 0 Å². The first kappa shape index (κ1) is 20.7. The van der Waals surface area contributed by atoms with Gasteiger partial charge >= 0.3 is 30.3 Å². The second-order valence-electron chi connectivity index (χ2n) is 3.37. The van der Waals surface area contributed by atoms with E-state index in [1.54, 1.807) is 11.4 Å². The summed E-state index contributed by atoms with van der Waals surface area (Å²) in [5.41, 5.74) is 5.91. The van der Waals surface area contributed by atoms with Crippen LogP contribution in [0.1, 0.15) is 9.67 Å². The lowest BCUT2D eigenvalue weighted by atomic mass is 10.4. The minimum Gasteiger partial charge on any atom is -0.465 e. The van der Waals surface area contributed by atoms with E-state index in [0.29, 0.717) is 10.6 Å². The van der Waals surface area contributed by atoms with Gasteiger partial charge in [0, 0.05) is 0 Å². The number of alkyl halides is 6. The number of ether oxygens (including phenoxy) is 2. The van der Waals surface area contributed by atoms with Gasteiger partial charge in [-0.3, -0.25) is 0 Å². The molecular weight excluding hydrogens is 360 g/mol. The fraction of sp³-hybridized carbons (Fsp3) is 0.300. The van der Waals surface area contributed by atoms with Gasteiger partial charge in [0.15, 0.2) is 0 Å². The molecule has 0 atom stereocenters. The van der Waals surface area contributed by atoms with Gasteiger partial charge in [-0.25, -0.2) is 14.4 Å². The Bertz CT molecular complexity index is 555. The van der Waals surface area contributed by atoms with E-state index in [1.807, 2.05) is 0 Å². The average molecular weight is 367 g/mol. The lowest BCUT2D eigenvalue weighted by Gasteiger charge is -2.06. The molecule has 0 bridgehead atoms. The number of halogens is 6. The minimum absolute atomic E-state index is 0.368. The Hall–Kier alpha value is -2.31. The van der Waals surface area contributed by atoms with Gasteiger partial charge in [-0.15, -0.1) is 11.3 Å². The fourth-order valence-corrected chi connectivity index (χ4v) is 1.51. The molecule has 0 saturated carbocycles. The number of carbonyl (C=O) groups excluding carboxylic acids is 3. The van der Waals surface area contributed by atoms with Crippen LogP contribution in [-0.4, -0.2) is 37.4 Å². The predicted octanol–water partition coefficient (Wildman–Crippen LogP) is 2.30. The molecule has 0 fully saturated rings. The molecule has 0 aliphatic carbocycles. The number of esters is 3. The summed E-state index contributed by atoms with van der Waals surface area (Å²) >= 11 is 1.28. The molecule has 0 aromatic carbocycles. The summed E-state index contributed by atoms with van der Waals surface area (Å²) in [5.74, 6) is -6.77. The van der Waals surface area contributed by atoms with Crippen molar-refractivity contribution in [1.29, 1.82) is 0 Å². The van der Waals surface area contributed by atoms with Crippen LogP contribution in [0.3, 0.4) is 0 Å². The van der Waals surface area contributed by atoms with Crippen LogP contribution < -0.4 is 5.73 Å². The van der Waals surface area contributed by atoms with Crippen LogP contribution in [-0.2, 0) is 19.1 Å². The number of anilines is 1. The lowest BCUT2D eigenvalue weighted by molar-refractivity contribution is -0.221. The van der Waals surface area contributed by atoms with Crippen molar-refractivity contribution in [2.75, 3.05) is 12.8 Å². The number of methoxy groups -OCH3 is 1. The van der Waals surface area contributed by atoms with E-state index in [1.165, 1.54) is 18.4 Å². The number of nitrogens with two attached hydrogens (primary N) is 1. The number of hydrogen-bond donors (Lipinski definition) is 1. The first-order chi connectivity index (χ1) is 10.3. The second kappa shape index (κ2) is 7.80. The molecule has 130 valence electrons. The molecule has 0 amide bonds. The van der Waals surface area contributed by atoms with E-state index in [9.17, 15) is 40.7 Å². The summed E-state index contributed by atoms with van der Waals surface area (Å²) in [5, 5.41) is 1.75. The average Bonchev–Trinajstić information content (AvgIpc) is 2.82. The molecule has 0 spiro atoms. The molecule has 6 nitrogen and oxygen atoms in total. The number of hydrogen-bond acceptors (Lipinski definition) is 7. The molecule has 1 aromatic rings. The van der Waals surface area contributed by atoms with E-state index >= 15 is 0 Å². The van der Waals surface area contributed by atoms with Crippen molar-refractivity contribution in [3.05, 3.63) is 16.3 Å². The monoisotopic (exact) mass is 367 g/mol.